The van der Waals surface area contributed by atoms with Crippen LogP contribution in [-0.4, -0.2) is 23.0 Å². The van der Waals surface area contributed by atoms with Crippen molar-refractivity contribution in [2.45, 2.75) is 87.0 Å². The van der Waals surface area contributed by atoms with Crippen LogP contribution >= 0.6 is 15.6 Å². The minimum Gasteiger partial charge on any atom is -0.302 e. The van der Waals surface area contributed by atoms with Gasteiger partial charge in [0.1, 0.15) is 0 Å². The van der Waals surface area contributed by atoms with Crippen molar-refractivity contribution in [3.8, 4) is 0 Å². The van der Waals surface area contributed by atoms with Crippen LogP contribution in [0.25, 0.3) is 0 Å². The molecule has 0 heterocycles. The van der Waals surface area contributed by atoms with Crippen molar-refractivity contribution in [3.05, 3.63) is 58.2 Å². The van der Waals surface area contributed by atoms with E-state index in [4.69, 9.17) is 9.05 Å². The summed E-state index contributed by atoms with van der Waals surface area (Å²) in [5, 5.41) is 0. The predicted molar refractivity (Wildman–Crippen MR) is 140 cm³/mol. The highest BCUT2D eigenvalue weighted by Gasteiger charge is 2.34. The summed E-state index contributed by atoms with van der Waals surface area (Å²) in [5.41, 5.74) is 5.81. The summed E-state index contributed by atoms with van der Waals surface area (Å²) in [5.74, 6) is 0. The molecule has 0 aliphatic rings. The lowest BCUT2D eigenvalue weighted by atomic mass is 10.1. The van der Waals surface area contributed by atoms with Crippen LogP contribution in [-0.2, 0) is 22.5 Å². The van der Waals surface area contributed by atoms with Crippen molar-refractivity contribution in [2.75, 3.05) is 13.2 Å². The summed E-state index contributed by atoms with van der Waals surface area (Å²) < 4.78 is 37.9. The second-order valence-electron chi connectivity index (χ2n) is 8.94. The van der Waals surface area contributed by atoms with Crippen LogP contribution < -0.4 is 0 Å². The Morgan fingerprint density at radius 3 is 1.26 bits per heavy atom. The van der Waals surface area contributed by atoms with Gasteiger partial charge in [-0.05, 0) is 87.0 Å². The molecule has 9 heteroatoms. The van der Waals surface area contributed by atoms with Crippen LogP contribution in [0.15, 0.2) is 58.2 Å². The van der Waals surface area contributed by atoms with Gasteiger partial charge < -0.3 is 9.79 Å². The highest BCUT2D eigenvalue weighted by molar-refractivity contribution is 7.61. The van der Waals surface area contributed by atoms with Crippen LogP contribution in [0.4, 0.5) is 0 Å². The summed E-state index contributed by atoms with van der Waals surface area (Å²) in [6.45, 7) is 13.7. The summed E-state index contributed by atoms with van der Waals surface area (Å²) in [7, 11) is -9.50. The third kappa shape index (κ3) is 20.3. The zero-order chi connectivity index (χ0) is 26.2. The maximum atomic E-state index is 12.0. The monoisotopic (exact) mass is 518 g/mol. The second kappa shape index (κ2) is 17.4. The number of rotatable bonds is 17. The molecular weight excluding hydrogens is 474 g/mol. The molecule has 0 amide bonds. The molecule has 0 rings (SSSR count). The second-order valence-corrected chi connectivity index (χ2v) is 12.0. The van der Waals surface area contributed by atoms with E-state index in [1.165, 1.54) is 16.7 Å². The molecule has 2 N–H and O–H groups in total. The van der Waals surface area contributed by atoms with Crippen molar-refractivity contribution in [1.82, 2.24) is 0 Å². The van der Waals surface area contributed by atoms with E-state index in [2.05, 4.69) is 43.3 Å². The predicted octanol–water partition coefficient (Wildman–Crippen LogP) is 8.35. The van der Waals surface area contributed by atoms with Crippen molar-refractivity contribution in [3.63, 3.8) is 0 Å². The molecule has 196 valence electrons. The highest BCUT2D eigenvalue weighted by Crippen LogP contribution is 2.60. The molecule has 0 aromatic rings. The highest BCUT2D eigenvalue weighted by atomic mass is 31.3. The Morgan fingerprint density at radius 2 is 0.912 bits per heavy atom. The first kappa shape index (κ1) is 33.0. The van der Waals surface area contributed by atoms with Gasteiger partial charge in [0, 0.05) is 0 Å². The lowest BCUT2D eigenvalue weighted by Gasteiger charge is -2.15. The molecule has 0 saturated heterocycles. The van der Waals surface area contributed by atoms with E-state index in [0.717, 1.165) is 49.7 Å². The molecule has 2 unspecified atom stereocenters. The topological polar surface area (TPSA) is 102 Å². The maximum absolute atomic E-state index is 12.0. The number of hydrogen-bond donors (Lipinski definition) is 2. The molecule has 0 aliphatic carbocycles. The Balaban J connectivity index is 4.43. The lowest BCUT2D eigenvalue weighted by molar-refractivity contribution is 0.170. The minimum absolute atomic E-state index is 0.214. The summed E-state index contributed by atoms with van der Waals surface area (Å²) in [6.07, 6.45) is 15.1. The summed E-state index contributed by atoms with van der Waals surface area (Å²) in [4.78, 5) is 19.5. The first-order valence-electron chi connectivity index (χ1n) is 11.6. The van der Waals surface area contributed by atoms with Crippen molar-refractivity contribution < 1.29 is 32.3 Å². The molecule has 0 aliphatic heterocycles. The van der Waals surface area contributed by atoms with Gasteiger partial charge in [-0.2, -0.15) is 4.31 Å². The standard InChI is InChI=1S/C25H44O7P2/c1-21(2)11-8-13-23(5)15-10-16-25(7)18-20-31-34(28,29)32-33(26,27)30-19-17-24(6)14-9-12-22(3)4/h11-12,15,17-18H,8-10,13-14,16,19-20H2,1-7H3,(H,26,27)(H,28,29)/b23-15+,24-17+,25-18+. The van der Waals surface area contributed by atoms with E-state index in [1.54, 1.807) is 12.2 Å². The number of phosphoric ester groups is 2. The average molecular weight is 519 g/mol. The van der Waals surface area contributed by atoms with Crippen LogP contribution in [0.5, 0.6) is 0 Å². The van der Waals surface area contributed by atoms with E-state index in [0.29, 0.717) is 0 Å². The van der Waals surface area contributed by atoms with E-state index in [9.17, 15) is 18.9 Å². The van der Waals surface area contributed by atoms with E-state index < -0.39 is 15.6 Å². The third-order valence-corrected chi connectivity index (χ3v) is 7.36. The van der Waals surface area contributed by atoms with Crippen LogP contribution in [0.3, 0.4) is 0 Å². The normalized spacial score (nSPS) is 16.6. The molecule has 0 radical (unpaired) electrons. The zero-order valence-electron chi connectivity index (χ0n) is 21.9. The van der Waals surface area contributed by atoms with Crippen LogP contribution in [0.2, 0.25) is 0 Å². The minimum atomic E-state index is -4.75. The van der Waals surface area contributed by atoms with E-state index >= 15 is 0 Å². The molecule has 0 fully saturated rings. The molecule has 0 aromatic carbocycles. The molecule has 0 aromatic heterocycles. The molecule has 34 heavy (non-hydrogen) atoms. The largest absolute Gasteiger partial charge is 0.481 e. The fourth-order valence-corrected chi connectivity index (χ4v) is 4.70. The van der Waals surface area contributed by atoms with Gasteiger partial charge in [0.25, 0.3) is 0 Å². The Hall–Kier alpha value is -1.04. The number of allylic oxidation sites excluding steroid dienone is 8. The van der Waals surface area contributed by atoms with Crippen molar-refractivity contribution in [1.29, 1.82) is 0 Å². The first-order chi connectivity index (χ1) is 15.7. The molecule has 0 bridgehead atoms. The maximum Gasteiger partial charge on any atom is 0.481 e. The SMILES string of the molecule is CC(C)=CCC/C(C)=C/CC/C(C)=C/COP(=O)(O)OP(=O)(O)OC/C=C(\C)CCC=C(C)C. The van der Waals surface area contributed by atoms with E-state index in [1.807, 2.05) is 27.7 Å². The van der Waals surface area contributed by atoms with Crippen LogP contribution in [0.1, 0.15) is 87.0 Å². The fraction of sp³-hybridized carbons (Fsp3) is 0.600. The molecule has 2 atom stereocenters. The van der Waals surface area contributed by atoms with Gasteiger partial charge in [-0.3, -0.25) is 9.05 Å². The average Bonchev–Trinajstić information content (AvgIpc) is 2.66. The summed E-state index contributed by atoms with van der Waals surface area (Å²) >= 11 is 0. The smallest absolute Gasteiger partial charge is 0.302 e. The molecular formula is C25H44O7P2. The number of phosphoric acid groups is 2. The van der Waals surface area contributed by atoms with Gasteiger partial charge in [-0.25, -0.2) is 9.13 Å². The van der Waals surface area contributed by atoms with Gasteiger partial charge in [0.15, 0.2) is 0 Å². The van der Waals surface area contributed by atoms with Gasteiger partial charge in [0.05, 0.1) is 13.2 Å². The first-order valence-corrected chi connectivity index (χ1v) is 14.6. The molecule has 7 nitrogen and oxygen atoms in total. The lowest BCUT2D eigenvalue weighted by Crippen LogP contribution is -1.98. The van der Waals surface area contributed by atoms with Gasteiger partial charge in [0.2, 0.25) is 0 Å². The fourth-order valence-electron chi connectivity index (χ4n) is 2.75. The van der Waals surface area contributed by atoms with Crippen molar-refractivity contribution >= 4 is 15.6 Å². The zero-order valence-corrected chi connectivity index (χ0v) is 23.7. The van der Waals surface area contributed by atoms with Crippen molar-refractivity contribution in [2.24, 2.45) is 0 Å². The van der Waals surface area contributed by atoms with Gasteiger partial charge in [-0.15, -0.1) is 0 Å². The Morgan fingerprint density at radius 1 is 0.588 bits per heavy atom. The molecule has 0 spiro atoms. The Labute approximate surface area is 206 Å². The summed E-state index contributed by atoms with van der Waals surface area (Å²) in [6, 6.07) is 0. The van der Waals surface area contributed by atoms with E-state index in [-0.39, 0.29) is 13.2 Å². The number of hydrogen-bond acceptors (Lipinski definition) is 5. The quantitative estimate of drug-likeness (QED) is 0.147. The molecule has 0 saturated carbocycles. The Kier molecular flexibility index (Phi) is 16.9. The van der Waals surface area contributed by atoms with Gasteiger partial charge >= 0.3 is 15.6 Å². The third-order valence-electron chi connectivity index (χ3n) is 4.76. The Bertz CT molecular complexity index is 858. The van der Waals surface area contributed by atoms with Crippen LogP contribution in [0, 0.1) is 0 Å². The van der Waals surface area contributed by atoms with Gasteiger partial charge in [-0.1, -0.05) is 58.2 Å².